The zero-order chi connectivity index (χ0) is 32.9. The molecule has 0 aliphatic carbocycles. The van der Waals surface area contributed by atoms with Gasteiger partial charge in [-0.05, 0) is 30.9 Å². The van der Waals surface area contributed by atoms with Crippen LogP contribution in [0.15, 0.2) is 48.0 Å². The molecule has 2 heterocycles. The molecular formula is C28H39N11O6. The molecule has 0 saturated carbocycles. The van der Waals surface area contributed by atoms with Crippen LogP contribution in [0.4, 0.5) is 0 Å². The second-order valence-corrected chi connectivity index (χ2v) is 10.4. The minimum atomic E-state index is -1.44. The Balaban J connectivity index is 1.83. The first-order valence-corrected chi connectivity index (χ1v) is 14.2. The maximum absolute atomic E-state index is 13.8. The number of fused-ring (bicyclic) bond motifs is 1. The van der Waals surface area contributed by atoms with Gasteiger partial charge in [-0.2, -0.15) is 0 Å². The summed E-state index contributed by atoms with van der Waals surface area (Å²) in [6, 6.07) is 2.52. The minimum Gasteiger partial charge on any atom is -0.480 e. The lowest BCUT2D eigenvalue weighted by atomic mass is 10.0. The van der Waals surface area contributed by atoms with Gasteiger partial charge < -0.3 is 54.0 Å². The number of benzene rings is 1. The molecule has 4 atom stereocenters. The molecule has 0 bridgehead atoms. The van der Waals surface area contributed by atoms with Crippen LogP contribution in [0.2, 0.25) is 0 Å². The summed E-state index contributed by atoms with van der Waals surface area (Å²) in [5.41, 5.74) is 24.2. The number of hydrogen-bond donors (Lipinski definition) is 10. The number of imidazole rings is 1. The molecule has 0 radical (unpaired) electrons. The van der Waals surface area contributed by atoms with Crippen LogP contribution in [0.3, 0.4) is 0 Å². The molecule has 0 fully saturated rings. The highest BCUT2D eigenvalue weighted by Gasteiger charge is 2.31. The Morgan fingerprint density at radius 3 is 2.24 bits per heavy atom. The van der Waals surface area contributed by atoms with Crippen molar-refractivity contribution in [3.8, 4) is 0 Å². The van der Waals surface area contributed by atoms with Gasteiger partial charge in [0.05, 0.1) is 12.4 Å². The molecule has 4 amide bonds. The lowest BCUT2D eigenvalue weighted by Gasteiger charge is -2.25. The molecule has 14 N–H and O–H groups in total. The quantitative estimate of drug-likeness (QED) is 0.0415. The highest BCUT2D eigenvalue weighted by atomic mass is 16.4. The van der Waals surface area contributed by atoms with Gasteiger partial charge in [-0.15, -0.1) is 0 Å². The number of primary amides is 1. The van der Waals surface area contributed by atoms with E-state index in [0.29, 0.717) is 5.69 Å². The summed E-state index contributed by atoms with van der Waals surface area (Å²) in [5, 5.41) is 18.1. The van der Waals surface area contributed by atoms with Gasteiger partial charge in [-0.1, -0.05) is 18.2 Å². The molecule has 17 heteroatoms. The van der Waals surface area contributed by atoms with Crippen LogP contribution in [0.5, 0.6) is 0 Å². The summed E-state index contributed by atoms with van der Waals surface area (Å²) in [5.74, 6) is -4.43. The third kappa shape index (κ3) is 10.6. The van der Waals surface area contributed by atoms with E-state index >= 15 is 0 Å². The normalized spacial score (nSPS) is 13.6. The Hall–Kier alpha value is -5.45. The standard InChI is InChI=1S/C28H39N11O6/c29-18(11-16-13-33-14-36-16)24(41)39-22(10-15-12-35-19-5-2-1-4-17(15)19)26(43)37-20(6-3-9-34-28(31)32)25(42)38-21(27(44)45)7-8-23(30)40/h1-2,4-5,12-14,18,20-22,35H,3,6-11,29H2,(H2,30,40)(H,33,36)(H,37,43)(H,38,42)(H,39,41)(H,44,45)(H4,31,32,34). The summed E-state index contributed by atoms with van der Waals surface area (Å²) in [6.45, 7) is 0.129. The highest BCUT2D eigenvalue weighted by molar-refractivity contribution is 5.95. The average Bonchev–Trinajstić information content (AvgIpc) is 3.65. The van der Waals surface area contributed by atoms with Crippen molar-refractivity contribution in [1.29, 1.82) is 0 Å². The van der Waals surface area contributed by atoms with Crippen LogP contribution in [-0.2, 0) is 36.8 Å². The van der Waals surface area contributed by atoms with Crippen LogP contribution in [-0.4, -0.2) is 86.3 Å². The number of aromatic amines is 2. The number of rotatable bonds is 18. The van der Waals surface area contributed by atoms with Crippen LogP contribution in [0.1, 0.15) is 36.9 Å². The summed E-state index contributed by atoms with van der Waals surface area (Å²) in [4.78, 5) is 76.9. The number of carbonyl (C=O) groups excluding carboxylic acids is 4. The predicted molar refractivity (Wildman–Crippen MR) is 164 cm³/mol. The first-order chi connectivity index (χ1) is 21.4. The van der Waals surface area contributed by atoms with Crippen molar-refractivity contribution in [2.75, 3.05) is 6.54 Å². The molecular weight excluding hydrogens is 586 g/mol. The number of nitrogens with one attached hydrogen (secondary N) is 5. The Morgan fingerprint density at radius 1 is 0.889 bits per heavy atom. The van der Waals surface area contributed by atoms with Gasteiger partial charge in [-0.25, -0.2) is 9.78 Å². The molecule has 45 heavy (non-hydrogen) atoms. The zero-order valence-corrected chi connectivity index (χ0v) is 24.5. The van der Waals surface area contributed by atoms with E-state index in [0.717, 1.165) is 16.5 Å². The van der Waals surface area contributed by atoms with Crippen LogP contribution in [0, 0.1) is 0 Å². The predicted octanol–water partition coefficient (Wildman–Crippen LogP) is -2.14. The fraction of sp³-hybridized carbons (Fsp3) is 0.393. The first-order valence-electron chi connectivity index (χ1n) is 14.2. The zero-order valence-electron chi connectivity index (χ0n) is 24.5. The van der Waals surface area contributed by atoms with Gasteiger partial charge in [0.2, 0.25) is 23.6 Å². The number of H-pyrrole nitrogens is 2. The van der Waals surface area contributed by atoms with E-state index in [4.69, 9.17) is 22.9 Å². The van der Waals surface area contributed by atoms with Gasteiger partial charge in [0.25, 0.3) is 0 Å². The van der Waals surface area contributed by atoms with Gasteiger partial charge in [0.1, 0.15) is 18.1 Å². The molecule has 242 valence electrons. The molecule has 0 aliphatic heterocycles. The van der Waals surface area contributed by atoms with Crippen LogP contribution >= 0.6 is 0 Å². The highest BCUT2D eigenvalue weighted by Crippen LogP contribution is 2.19. The number of carboxylic acid groups (broad SMARTS) is 1. The Bertz CT molecular complexity index is 1500. The smallest absolute Gasteiger partial charge is 0.326 e. The van der Waals surface area contributed by atoms with Crippen molar-refractivity contribution in [3.63, 3.8) is 0 Å². The van der Waals surface area contributed by atoms with E-state index < -0.39 is 53.8 Å². The summed E-state index contributed by atoms with van der Waals surface area (Å²) in [6.07, 6.45) is 4.60. The maximum Gasteiger partial charge on any atom is 0.326 e. The lowest BCUT2D eigenvalue weighted by Crippen LogP contribution is -2.57. The largest absolute Gasteiger partial charge is 0.480 e. The van der Waals surface area contributed by atoms with E-state index in [1.165, 1.54) is 12.5 Å². The van der Waals surface area contributed by atoms with E-state index in [9.17, 15) is 29.1 Å². The van der Waals surface area contributed by atoms with Crippen molar-refractivity contribution in [2.24, 2.45) is 27.9 Å². The third-order valence-electron chi connectivity index (χ3n) is 6.94. The number of hydrogen-bond acceptors (Lipinski definition) is 8. The molecule has 3 aromatic rings. The number of guanidine groups is 1. The lowest BCUT2D eigenvalue weighted by molar-refractivity contribution is -0.142. The van der Waals surface area contributed by atoms with Gasteiger partial charge in [0.15, 0.2) is 5.96 Å². The molecule has 4 unspecified atom stereocenters. The number of para-hydroxylation sites is 1. The van der Waals surface area contributed by atoms with Crippen LogP contribution < -0.4 is 38.9 Å². The Kier molecular flexibility index (Phi) is 12.4. The van der Waals surface area contributed by atoms with Crippen molar-refractivity contribution < 1.29 is 29.1 Å². The van der Waals surface area contributed by atoms with Crippen molar-refractivity contribution in [2.45, 2.75) is 62.7 Å². The first kappa shape index (κ1) is 34.0. The minimum absolute atomic E-state index is 0.0175. The maximum atomic E-state index is 13.8. The number of carbonyl (C=O) groups is 5. The molecule has 0 aliphatic rings. The number of nitrogens with two attached hydrogens (primary N) is 4. The monoisotopic (exact) mass is 625 g/mol. The third-order valence-corrected chi connectivity index (χ3v) is 6.94. The van der Waals surface area contributed by atoms with Crippen molar-refractivity contribution >= 4 is 46.5 Å². The van der Waals surface area contributed by atoms with Crippen molar-refractivity contribution in [3.05, 3.63) is 54.2 Å². The number of aliphatic imine (C=N–C) groups is 1. The Labute approximate surface area is 258 Å². The van der Waals surface area contributed by atoms with E-state index in [1.54, 1.807) is 6.20 Å². The number of aliphatic carboxylic acids is 1. The topological polar surface area (TPSA) is 303 Å². The van der Waals surface area contributed by atoms with Gasteiger partial charge in [0, 0.05) is 54.8 Å². The number of aromatic nitrogens is 3. The number of nitrogens with zero attached hydrogens (tertiary/aromatic N) is 2. The SMILES string of the molecule is NC(=O)CCC(NC(=O)C(CCCN=C(N)N)NC(=O)C(Cc1c[nH]c2ccccc12)NC(=O)C(N)Cc1cnc[nH]1)C(=O)O. The fourth-order valence-corrected chi connectivity index (χ4v) is 4.60. The molecule has 3 rings (SSSR count). The van der Waals surface area contributed by atoms with E-state index in [-0.39, 0.29) is 51.0 Å². The fourth-order valence-electron chi connectivity index (χ4n) is 4.60. The summed E-state index contributed by atoms with van der Waals surface area (Å²) in [7, 11) is 0. The molecule has 0 spiro atoms. The molecule has 0 saturated heterocycles. The second-order valence-electron chi connectivity index (χ2n) is 10.4. The molecule has 2 aromatic heterocycles. The summed E-state index contributed by atoms with van der Waals surface area (Å²) >= 11 is 0. The van der Waals surface area contributed by atoms with Gasteiger partial charge in [-0.3, -0.25) is 24.2 Å². The summed E-state index contributed by atoms with van der Waals surface area (Å²) < 4.78 is 0. The van der Waals surface area contributed by atoms with E-state index in [2.05, 4.69) is 35.9 Å². The number of carboxylic acids is 1. The number of amides is 4. The van der Waals surface area contributed by atoms with Gasteiger partial charge >= 0.3 is 5.97 Å². The molecule has 1 aromatic carbocycles. The Morgan fingerprint density at radius 2 is 1.58 bits per heavy atom. The molecule has 17 nitrogen and oxygen atoms in total. The van der Waals surface area contributed by atoms with Crippen LogP contribution in [0.25, 0.3) is 10.9 Å². The van der Waals surface area contributed by atoms with Crippen molar-refractivity contribution in [1.82, 2.24) is 30.9 Å². The average molecular weight is 626 g/mol. The van der Waals surface area contributed by atoms with E-state index in [1.807, 2.05) is 24.3 Å². The second kappa shape index (κ2) is 16.4.